The first-order valence-electron chi connectivity index (χ1n) is 6.90. The van der Waals surface area contributed by atoms with Crippen LogP contribution >= 0.6 is 11.8 Å². The number of rotatable bonds is 5. The fourth-order valence-corrected chi connectivity index (χ4v) is 3.27. The van der Waals surface area contributed by atoms with Gasteiger partial charge in [-0.1, -0.05) is 17.8 Å². The molecule has 6 nitrogen and oxygen atoms in total. The highest BCUT2D eigenvalue weighted by molar-refractivity contribution is 7.98. The summed E-state index contributed by atoms with van der Waals surface area (Å²) in [6, 6.07) is 4.90. The maximum atomic E-state index is 11.0. The molecule has 0 aliphatic carbocycles. The van der Waals surface area contributed by atoms with Crippen molar-refractivity contribution >= 4 is 28.8 Å². The minimum absolute atomic E-state index is 0.150. The Morgan fingerprint density at radius 1 is 1.41 bits per heavy atom. The van der Waals surface area contributed by atoms with Crippen LogP contribution in [0.3, 0.4) is 0 Å². The van der Waals surface area contributed by atoms with Gasteiger partial charge in [-0.25, -0.2) is 9.97 Å². The summed E-state index contributed by atoms with van der Waals surface area (Å²) in [5, 5.41) is 11.9. The molecule has 0 aliphatic rings. The van der Waals surface area contributed by atoms with Crippen LogP contribution in [0.4, 0.5) is 0 Å². The second-order valence-electron chi connectivity index (χ2n) is 4.87. The van der Waals surface area contributed by atoms with Crippen molar-refractivity contribution in [3.63, 3.8) is 0 Å². The molecule has 0 radical (unpaired) electrons. The van der Waals surface area contributed by atoms with Gasteiger partial charge in [-0.15, -0.1) is 0 Å². The number of nitrogens with zero attached hydrogens (tertiary/aromatic N) is 4. The molecule has 2 heterocycles. The molecule has 0 fully saturated rings. The Kier molecular flexibility index (Phi) is 3.89. The molecule has 7 heteroatoms. The van der Waals surface area contributed by atoms with Gasteiger partial charge in [0.2, 0.25) is 0 Å². The third-order valence-corrected chi connectivity index (χ3v) is 4.54. The fraction of sp³-hybridized carbons (Fsp3) is 0.267. The number of aryl methyl sites for hydroxylation is 2. The maximum Gasteiger partial charge on any atom is 0.168 e. The Morgan fingerprint density at radius 3 is 2.86 bits per heavy atom. The topological polar surface area (TPSA) is 75.8 Å². The van der Waals surface area contributed by atoms with Crippen LogP contribution in [0.5, 0.6) is 0 Å². The lowest BCUT2D eigenvalue weighted by Crippen LogP contribution is -2.21. The van der Waals surface area contributed by atoms with Crippen LogP contribution in [-0.4, -0.2) is 25.1 Å². The lowest BCUT2D eigenvalue weighted by Gasteiger charge is -2.06. The molecule has 3 rings (SSSR count). The van der Waals surface area contributed by atoms with E-state index in [1.165, 1.54) is 0 Å². The van der Waals surface area contributed by atoms with Crippen LogP contribution in [0.2, 0.25) is 0 Å². The van der Waals surface area contributed by atoms with E-state index in [0.717, 1.165) is 23.0 Å². The third-order valence-electron chi connectivity index (χ3n) is 3.49. The zero-order valence-electron chi connectivity index (χ0n) is 12.3. The number of imidazole rings is 2. The molecule has 0 aliphatic heterocycles. The number of carbonyl (C=O) groups excluding carboxylic acids is 1. The Bertz CT molecular complexity index is 837. The number of hydrogen-bond donors (Lipinski definition) is 0. The van der Waals surface area contributed by atoms with Gasteiger partial charge in [0.15, 0.2) is 5.16 Å². The summed E-state index contributed by atoms with van der Waals surface area (Å²) in [5.74, 6) is 0.395. The van der Waals surface area contributed by atoms with E-state index in [9.17, 15) is 9.90 Å². The highest BCUT2D eigenvalue weighted by atomic mass is 32.2. The summed E-state index contributed by atoms with van der Waals surface area (Å²) in [6.45, 7) is 2.82. The van der Waals surface area contributed by atoms with Gasteiger partial charge in [0.25, 0.3) is 0 Å². The first-order valence-corrected chi connectivity index (χ1v) is 7.89. The average molecular weight is 315 g/mol. The normalized spacial score (nSPS) is 11.2. The minimum Gasteiger partial charge on any atom is -0.545 e. The van der Waals surface area contributed by atoms with E-state index in [1.54, 1.807) is 36.2 Å². The molecule has 114 valence electrons. The van der Waals surface area contributed by atoms with Crippen molar-refractivity contribution in [3.05, 3.63) is 42.0 Å². The SMILES string of the molecule is CCn1c(CSc2nccn2C)nc2cc(C(=O)[O-])ccc21. The van der Waals surface area contributed by atoms with Gasteiger partial charge in [0, 0.05) is 26.0 Å². The highest BCUT2D eigenvalue weighted by Gasteiger charge is 2.12. The Morgan fingerprint density at radius 2 is 2.23 bits per heavy atom. The summed E-state index contributed by atoms with van der Waals surface area (Å²) in [4.78, 5) is 19.8. The van der Waals surface area contributed by atoms with E-state index in [-0.39, 0.29) is 5.56 Å². The van der Waals surface area contributed by atoms with Crippen molar-refractivity contribution in [1.29, 1.82) is 0 Å². The smallest absolute Gasteiger partial charge is 0.168 e. The molecule has 0 N–H and O–H groups in total. The molecule has 0 saturated carbocycles. The number of aromatic nitrogens is 4. The van der Waals surface area contributed by atoms with E-state index < -0.39 is 5.97 Å². The molecule has 2 aromatic heterocycles. The molecule has 0 atom stereocenters. The van der Waals surface area contributed by atoms with Crippen LogP contribution in [0.1, 0.15) is 23.1 Å². The molecule has 3 aromatic rings. The molecule has 0 saturated heterocycles. The van der Waals surface area contributed by atoms with E-state index in [2.05, 4.69) is 14.5 Å². The standard InChI is InChI=1S/C15H16N4O2S/c1-3-19-12-5-4-10(14(20)21)8-11(12)17-13(19)9-22-15-16-6-7-18(15)2/h4-8H,3,9H2,1-2H3,(H,20,21)/p-1. The number of hydrogen-bond acceptors (Lipinski definition) is 5. The van der Waals surface area contributed by atoms with Crippen LogP contribution < -0.4 is 5.11 Å². The van der Waals surface area contributed by atoms with Crippen molar-refractivity contribution in [2.45, 2.75) is 24.4 Å². The third kappa shape index (κ3) is 2.59. The summed E-state index contributed by atoms with van der Waals surface area (Å²) < 4.78 is 4.04. The molecular weight excluding hydrogens is 300 g/mol. The van der Waals surface area contributed by atoms with Crippen LogP contribution in [0.15, 0.2) is 35.7 Å². The van der Waals surface area contributed by atoms with Gasteiger partial charge in [0.05, 0.1) is 22.8 Å². The number of thioether (sulfide) groups is 1. The average Bonchev–Trinajstić information content (AvgIpc) is 3.06. The molecule has 22 heavy (non-hydrogen) atoms. The largest absolute Gasteiger partial charge is 0.545 e. The van der Waals surface area contributed by atoms with E-state index >= 15 is 0 Å². The summed E-state index contributed by atoms with van der Waals surface area (Å²) in [7, 11) is 1.95. The molecule has 0 unspecified atom stereocenters. The van der Waals surface area contributed by atoms with Gasteiger partial charge in [-0.3, -0.25) is 0 Å². The highest BCUT2D eigenvalue weighted by Crippen LogP contribution is 2.24. The van der Waals surface area contributed by atoms with Crippen molar-refractivity contribution in [2.24, 2.45) is 7.05 Å². The van der Waals surface area contributed by atoms with E-state index in [1.807, 2.05) is 24.7 Å². The van der Waals surface area contributed by atoms with Gasteiger partial charge >= 0.3 is 0 Å². The number of fused-ring (bicyclic) bond motifs is 1. The molecule has 0 amide bonds. The van der Waals surface area contributed by atoms with Crippen molar-refractivity contribution in [1.82, 2.24) is 19.1 Å². The van der Waals surface area contributed by atoms with Crippen molar-refractivity contribution in [2.75, 3.05) is 0 Å². The first-order chi connectivity index (χ1) is 10.6. The van der Waals surface area contributed by atoms with Gasteiger partial charge in [-0.05, 0) is 24.6 Å². The van der Waals surface area contributed by atoms with E-state index in [0.29, 0.717) is 11.3 Å². The predicted octanol–water partition coefficient (Wildman–Crippen LogP) is 1.45. The van der Waals surface area contributed by atoms with Crippen molar-refractivity contribution < 1.29 is 9.90 Å². The number of carboxylic acid groups (broad SMARTS) is 1. The molecular formula is C15H15N4O2S-. The van der Waals surface area contributed by atoms with Crippen LogP contribution in [0, 0.1) is 0 Å². The predicted molar refractivity (Wildman–Crippen MR) is 82.5 cm³/mol. The quantitative estimate of drug-likeness (QED) is 0.666. The monoisotopic (exact) mass is 315 g/mol. The molecule has 1 aromatic carbocycles. The second-order valence-corrected chi connectivity index (χ2v) is 5.82. The zero-order chi connectivity index (χ0) is 15.7. The fourth-order valence-electron chi connectivity index (χ4n) is 2.39. The number of carboxylic acids is 1. The molecule has 0 bridgehead atoms. The second kappa shape index (κ2) is 5.84. The number of carbonyl (C=O) groups is 1. The van der Waals surface area contributed by atoms with Gasteiger partial charge < -0.3 is 19.0 Å². The lowest BCUT2D eigenvalue weighted by molar-refractivity contribution is -0.255. The summed E-state index contributed by atoms with van der Waals surface area (Å²) in [5.41, 5.74) is 1.76. The first kappa shape index (κ1) is 14.6. The Balaban J connectivity index is 1.94. The van der Waals surface area contributed by atoms with Crippen LogP contribution in [0.25, 0.3) is 11.0 Å². The number of aromatic carboxylic acids is 1. The van der Waals surface area contributed by atoms with Crippen LogP contribution in [-0.2, 0) is 19.3 Å². The molecule has 0 spiro atoms. The minimum atomic E-state index is -1.18. The Labute approximate surface area is 131 Å². The zero-order valence-corrected chi connectivity index (χ0v) is 13.1. The van der Waals surface area contributed by atoms with E-state index in [4.69, 9.17) is 0 Å². The lowest BCUT2D eigenvalue weighted by atomic mass is 10.2. The van der Waals surface area contributed by atoms with Gasteiger partial charge in [0.1, 0.15) is 5.82 Å². The summed E-state index contributed by atoms with van der Waals surface area (Å²) >= 11 is 1.60. The summed E-state index contributed by atoms with van der Waals surface area (Å²) in [6.07, 6.45) is 3.66. The Hall–Kier alpha value is -2.28. The van der Waals surface area contributed by atoms with Crippen molar-refractivity contribution in [3.8, 4) is 0 Å². The number of benzene rings is 1. The van der Waals surface area contributed by atoms with Gasteiger partial charge in [-0.2, -0.15) is 0 Å². The maximum absolute atomic E-state index is 11.0.